The summed E-state index contributed by atoms with van der Waals surface area (Å²) in [5.74, 6) is 0.151. The SMILES string of the molecule is CC(C)N(C(=O)C1=CC=CC1Sc1ccccc1)C(C)C. The number of thioether (sulfide) groups is 1. The van der Waals surface area contributed by atoms with Gasteiger partial charge in [-0.25, -0.2) is 0 Å². The Kier molecular flexibility index (Phi) is 5.29. The van der Waals surface area contributed by atoms with E-state index in [9.17, 15) is 4.79 Å². The first kappa shape index (κ1) is 15.9. The van der Waals surface area contributed by atoms with Crippen molar-refractivity contribution in [2.24, 2.45) is 0 Å². The highest BCUT2D eigenvalue weighted by atomic mass is 32.2. The number of amides is 1. The number of hydrogen-bond donors (Lipinski definition) is 0. The minimum Gasteiger partial charge on any atom is -0.334 e. The third kappa shape index (κ3) is 3.79. The first-order valence-electron chi connectivity index (χ1n) is 7.43. The van der Waals surface area contributed by atoms with E-state index >= 15 is 0 Å². The Labute approximate surface area is 131 Å². The van der Waals surface area contributed by atoms with Crippen LogP contribution in [-0.2, 0) is 4.79 Å². The topological polar surface area (TPSA) is 20.3 Å². The van der Waals surface area contributed by atoms with Crippen molar-refractivity contribution in [1.82, 2.24) is 4.90 Å². The minimum absolute atomic E-state index is 0.111. The average Bonchev–Trinajstić information content (AvgIpc) is 2.87. The molecule has 0 saturated carbocycles. The lowest BCUT2D eigenvalue weighted by atomic mass is 10.1. The molecule has 0 aromatic heterocycles. The summed E-state index contributed by atoms with van der Waals surface area (Å²) in [5.41, 5.74) is 0.881. The van der Waals surface area contributed by atoms with Crippen LogP contribution in [0.15, 0.2) is 59.0 Å². The normalized spacial score (nSPS) is 17.4. The summed E-state index contributed by atoms with van der Waals surface area (Å²) in [4.78, 5) is 16.0. The third-order valence-corrected chi connectivity index (χ3v) is 4.68. The number of rotatable bonds is 5. The lowest BCUT2D eigenvalue weighted by Gasteiger charge is -2.32. The van der Waals surface area contributed by atoms with Gasteiger partial charge in [-0.2, -0.15) is 0 Å². The largest absolute Gasteiger partial charge is 0.334 e. The molecule has 1 unspecified atom stereocenters. The van der Waals surface area contributed by atoms with Crippen LogP contribution in [0, 0.1) is 0 Å². The molecule has 0 N–H and O–H groups in total. The molecule has 1 aliphatic carbocycles. The summed E-state index contributed by atoms with van der Waals surface area (Å²) in [6.45, 7) is 8.28. The molecule has 2 rings (SSSR count). The van der Waals surface area contributed by atoms with E-state index in [-0.39, 0.29) is 23.2 Å². The summed E-state index contributed by atoms with van der Waals surface area (Å²) in [5, 5.41) is 0.111. The van der Waals surface area contributed by atoms with Crippen LogP contribution in [0.1, 0.15) is 27.7 Å². The summed E-state index contributed by atoms with van der Waals surface area (Å²) in [6.07, 6.45) is 6.05. The summed E-state index contributed by atoms with van der Waals surface area (Å²) >= 11 is 1.73. The zero-order valence-electron chi connectivity index (χ0n) is 13.1. The van der Waals surface area contributed by atoms with E-state index in [4.69, 9.17) is 0 Å². The fourth-order valence-corrected chi connectivity index (χ4v) is 3.70. The lowest BCUT2D eigenvalue weighted by Crippen LogP contribution is -2.43. The van der Waals surface area contributed by atoms with Crippen molar-refractivity contribution < 1.29 is 4.79 Å². The van der Waals surface area contributed by atoms with E-state index < -0.39 is 0 Å². The second-order valence-electron chi connectivity index (χ2n) is 5.76. The van der Waals surface area contributed by atoms with Gasteiger partial charge in [-0.1, -0.05) is 36.4 Å². The monoisotopic (exact) mass is 301 g/mol. The molecule has 1 aromatic carbocycles. The molecule has 2 nitrogen and oxygen atoms in total. The molecule has 1 aliphatic rings. The van der Waals surface area contributed by atoms with Gasteiger partial charge in [0.2, 0.25) is 0 Å². The molecule has 21 heavy (non-hydrogen) atoms. The number of benzene rings is 1. The van der Waals surface area contributed by atoms with E-state index in [0.717, 1.165) is 5.57 Å². The van der Waals surface area contributed by atoms with Gasteiger partial charge >= 0.3 is 0 Å². The van der Waals surface area contributed by atoms with Gasteiger partial charge in [0, 0.05) is 22.6 Å². The van der Waals surface area contributed by atoms with Crippen molar-refractivity contribution in [3.63, 3.8) is 0 Å². The summed E-state index contributed by atoms with van der Waals surface area (Å²) < 4.78 is 0. The van der Waals surface area contributed by atoms with E-state index in [0.29, 0.717) is 0 Å². The highest BCUT2D eigenvalue weighted by Crippen LogP contribution is 2.33. The fourth-order valence-electron chi connectivity index (χ4n) is 2.61. The quantitative estimate of drug-likeness (QED) is 0.808. The van der Waals surface area contributed by atoms with Crippen LogP contribution in [0.2, 0.25) is 0 Å². The summed E-state index contributed by atoms with van der Waals surface area (Å²) in [7, 11) is 0. The van der Waals surface area contributed by atoms with Crippen LogP contribution in [0.25, 0.3) is 0 Å². The highest BCUT2D eigenvalue weighted by Gasteiger charge is 2.29. The Morgan fingerprint density at radius 3 is 2.29 bits per heavy atom. The Morgan fingerprint density at radius 1 is 1.10 bits per heavy atom. The Bertz CT molecular complexity index is 538. The van der Waals surface area contributed by atoms with Gasteiger partial charge in [-0.3, -0.25) is 4.79 Å². The van der Waals surface area contributed by atoms with Crippen molar-refractivity contribution in [2.75, 3.05) is 0 Å². The number of nitrogens with zero attached hydrogens (tertiary/aromatic N) is 1. The van der Waals surface area contributed by atoms with Gasteiger partial charge in [0.1, 0.15) is 0 Å². The average molecular weight is 301 g/mol. The zero-order valence-corrected chi connectivity index (χ0v) is 13.9. The molecule has 0 aliphatic heterocycles. The molecule has 0 bridgehead atoms. The maximum absolute atomic E-state index is 12.8. The third-order valence-electron chi connectivity index (χ3n) is 3.47. The number of carbonyl (C=O) groups is 1. The van der Waals surface area contributed by atoms with Crippen LogP contribution >= 0.6 is 11.8 Å². The second-order valence-corrected chi connectivity index (χ2v) is 6.97. The van der Waals surface area contributed by atoms with Crippen molar-refractivity contribution >= 4 is 17.7 Å². The standard InChI is InChI=1S/C18H23NOS/c1-13(2)19(14(3)4)18(20)16-11-8-12-17(16)21-15-9-6-5-7-10-15/h5-14,17H,1-4H3. The maximum atomic E-state index is 12.8. The molecular formula is C18H23NOS. The predicted octanol–water partition coefficient (Wildman–Crippen LogP) is 4.29. The number of allylic oxidation sites excluding steroid dienone is 2. The molecule has 0 saturated heterocycles. The number of hydrogen-bond acceptors (Lipinski definition) is 2. The van der Waals surface area contributed by atoms with Crippen LogP contribution in [0.4, 0.5) is 0 Å². The molecule has 1 atom stereocenters. The van der Waals surface area contributed by atoms with Crippen LogP contribution < -0.4 is 0 Å². The van der Waals surface area contributed by atoms with Gasteiger partial charge < -0.3 is 4.90 Å². The lowest BCUT2D eigenvalue weighted by molar-refractivity contribution is -0.130. The van der Waals surface area contributed by atoms with Gasteiger partial charge in [-0.15, -0.1) is 11.8 Å². The Balaban J connectivity index is 2.14. The van der Waals surface area contributed by atoms with E-state index in [2.05, 4.69) is 45.9 Å². The van der Waals surface area contributed by atoms with E-state index in [1.165, 1.54) is 4.90 Å². The van der Waals surface area contributed by atoms with Crippen molar-refractivity contribution in [3.05, 3.63) is 54.1 Å². The Morgan fingerprint density at radius 2 is 1.71 bits per heavy atom. The van der Waals surface area contributed by atoms with E-state index in [1.54, 1.807) is 11.8 Å². The van der Waals surface area contributed by atoms with Gasteiger partial charge in [0.15, 0.2) is 0 Å². The van der Waals surface area contributed by atoms with Gasteiger partial charge in [0.25, 0.3) is 5.91 Å². The molecule has 112 valence electrons. The fraction of sp³-hybridized carbons (Fsp3) is 0.389. The predicted molar refractivity (Wildman–Crippen MR) is 90.4 cm³/mol. The van der Waals surface area contributed by atoms with Crippen molar-refractivity contribution in [2.45, 2.75) is 49.9 Å². The molecule has 1 aromatic rings. The number of carbonyl (C=O) groups excluding carboxylic acids is 1. The molecule has 0 fully saturated rings. The maximum Gasteiger partial charge on any atom is 0.251 e. The minimum atomic E-state index is 0.111. The summed E-state index contributed by atoms with van der Waals surface area (Å²) in [6, 6.07) is 10.7. The first-order valence-corrected chi connectivity index (χ1v) is 8.31. The molecular weight excluding hydrogens is 278 g/mol. The molecule has 3 heteroatoms. The zero-order chi connectivity index (χ0) is 15.4. The van der Waals surface area contributed by atoms with Crippen LogP contribution in [0.3, 0.4) is 0 Å². The van der Waals surface area contributed by atoms with E-state index in [1.807, 2.05) is 35.3 Å². The van der Waals surface area contributed by atoms with Crippen LogP contribution in [0.5, 0.6) is 0 Å². The Hall–Kier alpha value is -1.48. The first-order chi connectivity index (χ1) is 10.0. The smallest absolute Gasteiger partial charge is 0.251 e. The van der Waals surface area contributed by atoms with Crippen molar-refractivity contribution in [3.8, 4) is 0 Å². The van der Waals surface area contributed by atoms with Crippen LogP contribution in [-0.4, -0.2) is 28.1 Å². The molecule has 0 spiro atoms. The molecule has 1 amide bonds. The second kappa shape index (κ2) is 6.99. The van der Waals surface area contributed by atoms with Gasteiger partial charge in [-0.05, 0) is 39.8 Å². The molecule has 0 heterocycles. The molecule has 0 radical (unpaired) electrons. The van der Waals surface area contributed by atoms with Gasteiger partial charge in [0.05, 0.1) is 5.25 Å². The van der Waals surface area contributed by atoms with Crippen molar-refractivity contribution in [1.29, 1.82) is 0 Å². The highest BCUT2D eigenvalue weighted by molar-refractivity contribution is 8.00.